The molecule has 0 amide bonds. The van der Waals surface area contributed by atoms with E-state index in [-0.39, 0.29) is 5.78 Å². The summed E-state index contributed by atoms with van der Waals surface area (Å²) in [5.41, 5.74) is 6.42. The van der Waals surface area contributed by atoms with Gasteiger partial charge in [-0.1, -0.05) is 30.2 Å². The van der Waals surface area contributed by atoms with Crippen molar-refractivity contribution in [1.29, 1.82) is 0 Å². The van der Waals surface area contributed by atoms with Crippen LogP contribution in [0.5, 0.6) is 0 Å². The molecule has 2 aliphatic carbocycles. The number of benzene rings is 1. The van der Waals surface area contributed by atoms with Gasteiger partial charge in [0, 0.05) is 36.9 Å². The Hall–Kier alpha value is -2.16. The Kier molecular flexibility index (Phi) is 3.87. The number of rotatable bonds is 4. The average molecular weight is 320 g/mol. The first-order chi connectivity index (χ1) is 11.7. The molecule has 1 heterocycles. The zero-order valence-electron chi connectivity index (χ0n) is 14.5. The Labute approximate surface area is 143 Å². The van der Waals surface area contributed by atoms with Crippen LogP contribution in [0.2, 0.25) is 0 Å². The Morgan fingerprint density at radius 1 is 1.29 bits per heavy atom. The summed E-state index contributed by atoms with van der Waals surface area (Å²) < 4.78 is 2.06. The fourth-order valence-corrected chi connectivity index (χ4v) is 4.45. The highest BCUT2D eigenvalue weighted by molar-refractivity contribution is 6.23. The average Bonchev–Trinajstić information content (AvgIpc) is 3.01. The number of ketones is 1. The standard InChI is InChI=1S/C21H24N2O/c1-14-17-8-4-3-6-16-7-5-9-18(21(16)17)20(14)19(24)10-12-23-13-11-22-15(23)2/h5,7,9,11,13,17H,3-4,6,8,10,12H2,1-2H3. The van der Waals surface area contributed by atoms with Gasteiger partial charge in [-0.25, -0.2) is 4.98 Å². The first kappa shape index (κ1) is 15.4. The Morgan fingerprint density at radius 2 is 2.17 bits per heavy atom. The third-order valence-corrected chi connectivity index (χ3v) is 5.70. The summed E-state index contributed by atoms with van der Waals surface area (Å²) >= 11 is 0. The van der Waals surface area contributed by atoms with Crippen molar-refractivity contribution in [2.75, 3.05) is 0 Å². The predicted octanol–water partition coefficient (Wildman–Crippen LogP) is 4.45. The van der Waals surface area contributed by atoms with Crippen molar-refractivity contribution in [2.24, 2.45) is 0 Å². The molecule has 0 aliphatic heterocycles. The number of imidazole rings is 1. The van der Waals surface area contributed by atoms with Crippen LogP contribution in [0.4, 0.5) is 0 Å². The first-order valence-corrected chi connectivity index (χ1v) is 9.00. The van der Waals surface area contributed by atoms with E-state index in [0.717, 1.165) is 17.8 Å². The topological polar surface area (TPSA) is 34.9 Å². The molecule has 124 valence electrons. The monoisotopic (exact) mass is 320 g/mol. The molecule has 3 nitrogen and oxygen atoms in total. The Bertz CT molecular complexity index is 828. The number of nitrogens with zero attached hydrogens (tertiary/aromatic N) is 2. The molecule has 0 bridgehead atoms. The van der Waals surface area contributed by atoms with E-state index in [0.29, 0.717) is 18.9 Å². The molecule has 0 spiro atoms. The molecule has 0 N–H and O–H groups in total. The fourth-order valence-electron chi connectivity index (χ4n) is 4.45. The molecule has 2 aromatic rings. The van der Waals surface area contributed by atoms with Crippen LogP contribution in [0, 0.1) is 6.92 Å². The van der Waals surface area contributed by atoms with E-state index in [1.807, 2.05) is 13.1 Å². The van der Waals surface area contributed by atoms with Gasteiger partial charge >= 0.3 is 0 Å². The van der Waals surface area contributed by atoms with Crippen molar-refractivity contribution in [1.82, 2.24) is 9.55 Å². The molecule has 1 unspecified atom stereocenters. The van der Waals surface area contributed by atoms with Crippen LogP contribution < -0.4 is 0 Å². The second-order valence-electron chi connectivity index (χ2n) is 7.08. The molecule has 0 saturated carbocycles. The molecule has 0 fully saturated rings. The van der Waals surface area contributed by atoms with Crippen LogP contribution in [-0.4, -0.2) is 15.3 Å². The van der Waals surface area contributed by atoms with Crippen molar-refractivity contribution in [3.63, 3.8) is 0 Å². The van der Waals surface area contributed by atoms with Crippen LogP contribution in [0.1, 0.15) is 61.0 Å². The maximum atomic E-state index is 13.0. The molecule has 2 aliphatic rings. The van der Waals surface area contributed by atoms with Crippen molar-refractivity contribution in [3.8, 4) is 0 Å². The third kappa shape index (κ3) is 2.43. The number of aromatic nitrogens is 2. The number of hydrogen-bond acceptors (Lipinski definition) is 2. The van der Waals surface area contributed by atoms with Gasteiger partial charge in [-0.2, -0.15) is 0 Å². The minimum Gasteiger partial charge on any atom is -0.335 e. The van der Waals surface area contributed by atoms with Crippen molar-refractivity contribution in [2.45, 2.75) is 58.4 Å². The second kappa shape index (κ2) is 6.04. The summed E-state index contributed by atoms with van der Waals surface area (Å²) in [7, 11) is 0. The van der Waals surface area contributed by atoms with Gasteiger partial charge in [0.15, 0.2) is 5.78 Å². The van der Waals surface area contributed by atoms with Gasteiger partial charge in [0.1, 0.15) is 5.82 Å². The molecule has 1 atom stereocenters. The summed E-state index contributed by atoms with van der Waals surface area (Å²) in [6.45, 7) is 4.87. The smallest absolute Gasteiger partial charge is 0.165 e. The van der Waals surface area contributed by atoms with E-state index in [2.05, 4.69) is 34.7 Å². The van der Waals surface area contributed by atoms with E-state index in [1.54, 1.807) is 6.20 Å². The second-order valence-corrected chi connectivity index (χ2v) is 7.08. The maximum absolute atomic E-state index is 13.0. The first-order valence-electron chi connectivity index (χ1n) is 9.00. The minimum absolute atomic E-state index is 0.280. The van der Waals surface area contributed by atoms with Gasteiger partial charge in [0.25, 0.3) is 0 Å². The normalized spacial score (nSPS) is 19.3. The fraction of sp³-hybridized carbons (Fsp3) is 0.429. The van der Waals surface area contributed by atoms with Crippen molar-refractivity contribution >= 4 is 11.4 Å². The third-order valence-electron chi connectivity index (χ3n) is 5.70. The lowest BCUT2D eigenvalue weighted by atomic mass is 9.91. The summed E-state index contributed by atoms with van der Waals surface area (Å²) in [6.07, 6.45) is 9.15. The molecule has 4 rings (SSSR count). The van der Waals surface area contributed by atoms with Gasteiger partial charge in [-0.05, 0) is 49.8 Å². The molecular weight excluding hydrogens is 296 g/mol. The van der Waals surface area contributed by atoms with Gasteiger partial charge in [-0.15, -0.1) is 0 Å². The Balaban J connectivity index is 1.65. The van der Waals surface area contributed by atoms with Crippen molar-refractivity contribution in [3.05, 3.63) is 58.7 Å². The number of allylic oxidation sites excluding steroid dienone is 2. The lowest BCUT2D eigenvalue weighted by molar-refractivity contribution is -0.114. The largest absolute Gasteiger partial charge is 0.335 e. The number of Topliss-reactive ketones (excluding diaryl/α,β-unsaturated/α-hetero) is 1. The van der Waals surface area contributed by atoms with Crippen molar-refractivity contribution < 1.29 is 4.79 Å². The highest BCUT2D eigenvalue weighted by Gasteiger charge is 2.34. The molecule has 24 heavy (non-hydrogen) atoms. The Morgan fingerprint density at radius 3 is 2.96 bits per heavy atom. The van der Waals surface area contributed by atoms with Crippen LogP contribution in [0.15, 0.2) is 36.2 Å². The molecule has 3 heteroatoms. The van der Waals surface area contributed by atoms with Gasteiger partial charge in [0.2, 0.25) is 0 Å². The van der Waals surface area contributed by atoms with Crippen LogP contribution in [0.3, 0.4) is 0 Å². The van der Waals surface area contributed by atoms with E-state index < -0.39 is 0 Å². The quantitative estimate of drug-likeness (QED) is 0.834. The summed E-state index contributed by atoms with van der Waals surface area (Å²) in [5.74, 6) is 1.71. The molecule has 0 radical (unpaired) electrons. The molecule has 0 saturated heterocycles. The summed E-state index contributed by atoms with van der Waals surface area (Å²) in [4.78, 5) is 17.3. The molecule has 1 aromatic heterocycles. The zero-order chi connectivity index (χ0) is 16.7. The lowest BCUT2D eigenvalue weighted by Gasteiger charge is -2.13. The highest BCUT2D eigenvalue weighted by Crippen LogP contribution is 2.48. The SMILES string of the molecule is CC1=C(C(=O)CCn2ccnc2C)c2cccc3c2C1CCCC3. The minimum atomic E-state index is 0.280. The zero-order valence-corrected chi connectivity index (χ0v) is 14.5. The number of carbonyl (C=O) groups is 1. The summed E-state index contributed by atoms with van der Waals surface area (Å²) in [6, 6.07) is 6.54. The predicted molar refractivity (Wildman–Crippen MR) is 95.9 cm³/mol. The van der Waals surface area contributed by atoms with Gasteiger partial charge in [-0.3, -0.25) is 4.79 Å². The number of hydrogen-bond donors (Lipinski definition) is 0. The van der Waals surface area contributed by atoms with Crippen LogP contribution >= 0.6 is 0 Å². The van der Waals surface area contributed by atoms with Crippen LogP contribution in [-0.2, 0) is 17.8 Å². The molecular formula is C21H24N2O. The van der Waals surface area contributed by atoms with Gasteiger partial charge < -0.3 is 4.57 Å². The van der Waals surface area contributed by atoms with E-state index in [4.69, 9.17) is 0 Å². The van der Waals surface area contributed by atoms with E-state index in [1.165, 1.54) is 41.5 Å². The lowest BCUT2D eigenvalue weighted by Crippen LogP contribution is -2.08. The number of aryl methyl sites for hydroxylation is 3. The van der Waals surface area contributed by atoms with Gasteiger partial charge in [0.05, 0.1) is 0 Å². The highest BCUT2D eigenvalue weighted by atomic mass is 16.1. The van der Waals surface area contributed by atoms with E-state index >= 15 is 0 Å². The van der Waals surface area contributed by atoms with Crippen LogP contribution in [0.25, 0.3) is 5.57 Å². The summed E-state index contributed by atoms with van der Waals surface area (Å²) in [5, 5.41) is 0. The van der Waals surface area contributed by atoms with E-state index in [9.17, 15) is 4.79 Å². The molecule has 1 aromatic carbocycles. The number of carbonyl (C=O) groups excluding carboxylic acids is 1. The maximum Gasteiger partial charge on any atom is 0.165 e.